The Morgan fingerprint density at radius 3 is 2.54 bits per heavy atom. The maximum Gasteiger partial charge on any atom is 0.254 e. The zero-order chi connectivity index (χ0) is 19.5. The van der Waals surface area contributed by atoms with Crippen LogP contribution >= 0.6 is 0 Å². The Bertz CT molecular complexity index is 1020. The SMILES string of the molecule is C[S@](=O)Cc1cccc(C(=O)N2Cc3ccccc3[C@@H](c3ccccc3)C2)c1. The summed E-state index contributed by atoms with van der Waals surface area (Å²) < 4.78 is 11.5. The maximum atomic E-state index is 13.3. The van der Waals surface area contributed by atoms with Crippen molar-refractivity contribution < 1.29 is 9.00 Å². The summed E-state index contributed by atoms with van der Waals surface area (Å²) >= 11 is 0. The quantitative estimate of drug-likeness (QED) is 0.665. The molecule has 4 heteroatoms. The van der Waals surface area contributed by atoms with Crippen LogP contribution < -0.4 is 0 Å². The number of benzene rings is 3. The van der Waals surface area contributed by atoms with Crippen LogP contribution in [-0.2, 0) is 23.1 Å². The van der Waals surface area contributed by atoms with Crippen LogP contribution in [0.4, 0.5) is 0 Å². The molecule has 0 fully saturated rings. The zero-order valence-electron chi connectivity index (χ0n) is 15.9. The van der Waals surface area contributed by atoms with Crippen molar-refractivity contribution in [1.29, 1.82) is 0 Å². The van der Waals surface area contributed by atoms with Gasteiger partial charge in [-0.15, -0.1) is 0 Å². The lowest BCUT2D eigenvalue weighted by Crippen LogP contribution is -2.38. The second-order valence-electron chi connectivity index (χ2n) is 7.27. The summed E-state index contributed by atoms with van der Waals surface area (Å²) in [6, 6.07) is 26.3. The van der Waals surface area contributed by atoms with E-state index in [2.05, 4.69) is 30.3 Å². The first-order valence-electron chi connectivity index (χ1n) is 9.43. The van der Waals surface area contributed by atoms with Crippen molar-refractivity contribution in [3.63, 3.8) is 0 Å². The predicted octanol–water partition coefficient (Wildman–Crippen LogP) is 4.35. The third kappa shape index (κ3) is 3.92. The van der Waals surface area contributed by atoms with Gasteiger partial charge in [-0.3, -0.25) is 9.00 Å². The summed E-state index contributed by atoms with van der Waals surface area (Å²) in [5.74, 6) is 0.664. The molecule has 4 rings (SSSR count). The van der Waals surface area contributed by atoms with Crippen molar-refractivity contribution in [3.05, 3.63) is 107 Å². The molecule has 1 heterocycles. The Hall–Kier alpha value is -2.72. The lowest BCUT2D eigenvalue weighted by atomic mass is 9.84. The molecule has 3 nitrogen and oxygen atoms in total. The van der Waals surface area contributed by atoms with Crippen molar-refractivity contribution in [3.8, 4) is 0 Å². The highest BCUT2D eigenvalue weighted by Gasteiger charge is 2.29. The fourth-order valence-corrected chi connectivity index (χ4v) is 4.59. The van der Waals surface area contributed by atoms with E-state index in [1.165, 1.54) is 16.7 Å². The van der Waals surface area contributed by atoms with E-state index in [0.29, 0.717) is 24.4 Å². The van der Waals surface area contributed by atoms with E-state index < -0.39 is 10.8 Å². The summed E-state index contributed by atoms with van der Waals surface area (Å²) in [4.78, 5) is 15.2. The molecule has 0 bridgehead atoms. The molecule has 142 valence electrons. The molecule has 1 aliphatic rings. The summed E-state index contributed by atoms with van der Waals surface area (Å²) in [6.45, 7) is 1.27. The summed E-state index contributed by atoms with van der Waals surface area (Å²) in [7, 11) is -0.928. The minimum absolute atomic E-state index is 0.0270. The molecule has 0 spiro atoms. The van der Waals surface area contributed by atoms with Crippen LogP contribution in [-0.4, -0.2) is 27.8 Å². The van der Waals surface area contributed by atoms with Gasteiger partial charge in [0.05, 0.1) is 0 Å². The van der Waals surface area contributed by atoms with Gasteiger partial charge < -0.3 is 4.90 Å². The second-order valence-corrected chi connectivity index (χ2v) is 8.70. The normalized spacial score (nSPS) is 17.0. The third-order valence-corrected chi connectivity index (χ3v) is 5.97. The topological polar surface area (TPSA) is 37.4 Å². The molecule has 1 amide bonds. The van der Waals surface area contributed by atoms with Crippen LogP contribution in [0.5, 0.6) is 0 Å². The van der Waals surface area contributed by atoms with Gasteiger partial charge in [0.25, 0.3) is 5.91 Å². The standard InChI is InChI=1S/C24H23NO2S/c1-28(27)17-18-8-7-12-20(14-18)24(26)25-15-21-11-5-6-13-22(21)23(16-25)19-9-3-2-4-10-19/h2-14,23H,15-17H2,1H3/t23-,28+/m1/s1. The van der Waals surface area contributed by atoms with Crippen molar-refractivity contribution in [2.75, 3.05) is 12.8 Å². The van der Waals surface area contributed by atoms with Gasteiger partial charge in [-0.25, -0.2) is 0 Å². The Balaban J connectivity index is 1.66. The Morgan fingerprint density at radius 2 is 1.75 bits per heavy atom. The first kappa shape index (κ1) is 18.6. The van der Waals surface area contributed by atoms with Crippen molar-refractivity contribution in [1.82, 2.24) is 4.90 Å². The number of rotatable bonds is 4. The van der Waals surface area contributed by atoms with Gasteiger partial charge in [-0.05, 0) is 34.4 Å². The van der Waals surface area contributed by atoms with E-state index in [9.17, 15) is 9.00 Å². The number of amides is 1. The number of hydrogen-bond acceptors (Lipinski definition) is 2. The minimum Gasteiger partial charge on any atom is -0.333 e. The van der Waals surface area contributed by atoms with E-state index in [-0.39, 0.29) is 11.8 Å². The number of nitrogens with zero attached hydrogens (tertiary/aromatic N) is 1. The van der Waals surface area contributed by atoms with Crippen LogP contribution in [0.3, 0.4) is 0 Å². The summed E-state index contributed by atoms with van der Waals surface area (Å²) in [6.07, 6.45) is 1.68. The first-order chi connectivity index (χ1) is 13.6. The molecule has 28 heavy (non-hydrogen) atoms. The highest BCUT2D eigenvalue weighted by Crippen LogP contribution is 2.34. The lowest BCUT2D eigenvalue weighted by Gasteiger charge is -2.35. The lowest BCUT2D eigenvalue weighted by molar-refractivity contribution is 0.0725. The van der Waals surface area contributed by atoms with Crippen molar-refractivity contribution in [2.24, 2.45) is 0 Å². The van der Waals surface area contributed by atoms with Gasteiger partial charge >= 0.3 is 0 Å². The highest BCUT2D eigenvalue weighted by molar-refractivity contribution is 7.83. The van der Waals surface area contributed by atoms with Gasteiger partial charge in [0, 0.05) is 47.4 Å². The molecular weight excluding hydrogens is 366 g/mol. The Kier molecular flexibility index (Phi) is 5.40. The van der Waals surface area contributed by atoms with Crippen LogP contribution in [0.15, 0.2) is 78.9 Å². The van der Waals surface area contributed by atoms with E-state index >= 15 is 0 Å². The molecule has 0 aliphatic carbocycles. The van der Waals surface area contributed by atoms with Crippen LogP contribution in [0.2, 0.25) is 0 Å². The smallest absolute Gasteiger partial charge is 0.254 e. The number of carbonyl (C=O) groups excluding carboxylic acids is 1. The second kappa shape index (κ2) is 8.11. The molecule has 2 atom stereocenters. The van der Waals surface area contributed by atoms with E-state index in [4.69, 9.17) is 0 Å². The van der Waals surface area contributed by atoms with Gasteiger partial charge in [0.1, 0.15) is 0 Å². The number of hydrogen-bond donors (Lipinski definition) is 0. The molecule has 0 saturated heterocycles. The fraction of sp³-hybridized carbons (Fsp3) is 0.208. The average molecular weight is 390 g/mol. The molecule has 1 aliphatic heterocycles. The molecule has 0 saturated carbocycles. The van der Waals surface area contributed by atoms with Crippen LogP contribution in [0.25, 0.3) is 0 Å². The average Bonchev–Trinajstić information content (AvgIpc) is 2.73. The molecule has 0 unspecified atom stereocenters. The van der Waals surface area contributed by atoms with Crippen molar-refractivity contribution in [2.45, 2.75) is 18.2 Å². The Morgan fingerprint density at radius 1 is 1.00 bits per heavy atom. The van der Waals surface area contributed by atoms with Crippen LogP contribution in [0, 0.1) is 0 Å². The Labute approximate surface area is 168 Å². The zero-order valence-corrected chi connectivity index (χ0v) is 16.7. The number of fused-ring (bicyclic) bond motifs is 1. The number of carbonyl (C=O) groups is 1. The fourth-order valence-electron chi connectivity index (χ4n) is 3.94. The molecule has 0 radical (unpaired) electrons. The molecule has 0 N–H and O–H groups in total. The molecular formula is C24H23NO2S. The van der Waals surface area contributed by atoms with Gasteiger partial charge in [0.15, 0.2) is 0 Å². The van der Waals surface area contributed by atoms with E-state index in [1.807, 2.05) is 53.4 Å². The van der Waals surface area contributed by atoms with E-state index in [1.54, 1.807) is 6.26 Å². The predicted molar refractivity (Wildman–Crippen MR) is 114 cm³/mol. The maximum absolute atomic E-state index is 13.3. The largest absolute Gasteiger partial charge is 0.333 e. The van der Waals surface area contributed by atoms with E-state index in [0.717, 1.165) is 5.56 Å². The first-order valence-corrected chi connectivity index (χ1v) is 11.2. The van der Waals surface area contributed by atoms with Gasteiger partial charge in [-0.1, -0.05) is 66.7 Å². The monoisotopic (exact) mass is 389 g/mol. The summed E-state index contributed by atoms with van der Waals surface area (Å²) in [5.41, 5.74) is 5.31. The van der Waals surface area contributed by atoms with Gasteiger partial charge in [0.2, 0.25) is 0 Å². The summed E-state index contributed by atoms with van der Waals surface area (Å²) in [5, 5.41) is 0. The van der Waals surface area contributed by atoms with Gasteiger partial charge in [-0.2, -0.15) is 0 Å². The molecule has 3 aromatic rings. The molecule has 0 aromatic heterocycles. The highest BCUT2D eigenvalue weighted by atomic mass is 32.2. The minimum atomic E-state index is -0.928. The molecule has 3 aromatic carbocycles. The van der Waals surface area contributed by atoms with Crippen LogP contribution in [0.1, 0.15) is 38.5 Å². The van der Waals surface area contributed by atoms with Crippen molar-refractivity contribution >= 4 is 16.7 Å². The third-order valence-electron chi connectivity index (χ3n) is 5.23.